The third-order valence-corrected chi connectivity index (χ3v) is 3.63. The summed E-state index contributed by atoms with van der Waals surface area (Å²) < 4.78 is 11.3. The molecule has 0 spiro atoms. The lowest BCUT2D eigenvalue weighted by molar-refractivity contribution is 0.334. The lowest BCUT2D eigenvalue weighted by Gasteiger charge is -2.19. The zero-order valence-corrected chi connectivity index (χ0v) is 13.4. The van der Waals surface area contributed by atoms with Crippen molar-refractivity contribution in [2.45, 2.75) is 26.2 Å². The van der Waals surface area contributed by atoms with Crippen LogP contribution in [0.25, 0.3) is 0 Å². The molecule has 0 aliphatic rings. The SMILES string of the molecule is CCOc1cccc(CC(CN)c2ccccc2OCC)c1. The summed E-state index contributed by atoms with van der Waals surface area (Å²) in [6.07, 6.45) is 0.876. The van der Waals surface area contributed by atoms with Gasteiger partial charge in [-0.15, -0.1) is 0 Å². The van der Waals surface area contributed by atoms with Crippen LogP contribution in [0.15, 0.2) is 48.5 Å². The van der Waals surface area contributed by atoms with Crippen LogP contribution in [-0.2, 0) is 6.42 Å². The van der Waals surface area contributed by atoms with E-state index in [1.807, 2.05) is 44.2 Å². The van der Waals surface area contributed by atoms with Gasteiger partial charge in [0.25, 0.3) is 0 Å². The highest BCUT2D eigenvalue weighted by Crippen LogP contribution is 2.29. The van der Waals surface area contributed by atoms with E-state index in [9.17, 15) is 0 Å². The molecule has 0 fully saturated rings. The molecule has 118 valence electrons. The van der Waals surface area contributed by atoms with Gasteiger partial charge >= 0.3 is 0 Å². The molecule has 0 aromatic heterocycles. The van der Waals surface area contributed by atoms with Gasteiger partial charge in [0.05, 0.1) is 13.2 Å². The van der Waals surface area contributed by atoms with Crippen LogP contribution < -0.4 is 15.2 Å². The number of rotatable bonds is 8. The molecule has 3 nitrogen and oxygen atoms in total. The first-order valence-electron chi connectivity index (χ1n) is 7.92. The second-order valence-corrected chi connectivity index (χ2v) is 5.19. The van der Waals surface area contributed by atoms with Crippen LogP contribution in [-0.4, -0.2) is 19.8 Å². The van der Waals surface area contributed by atoms with E-state index in [1.54, 1.807) is 0 Å². The van der Waals surface area contributed by atoms with E-state index in [4.69, 9.17) is 15.2 Å². The standard InChI is InChI=1S/C19H25NO2/c1-3-21-17-9-7-8-15(13-17)12-16(14-20)18-10-5-6-11-19(18)22-4-2/h5-11,13,16H,3-4,12,14,20H2,1-2H3. The minimum absolute atomic E-state index is 0.236. The molecule has 0 radical (unpaired) electrons. The molecular formula is C19H25NO2. The second kappa shape index (κ2) is 8.44. The molecule has 1 unspecified atom stereocenters. The summed E-state index contributed by atoms with van der Waals surface area (Å²) in [5.74, 6) is 2.08. The molecule has 0 saturated heterocycles. The van der Waals surface area contributed by atoms with Gasteiger partial charge in [0.15, 0.2) is 0 Å². The Morgan fingerprint density at radius 3 is 2.45 bits per heavy atom. The lowest BCUT2D eigenvalue weighted by Crippen LogP contribution is -2.16. The molecule has 0 heterocycles. The van der Waals surface area contributed by atoms with Gasteiger partial charge in [-0.2, -0.15) is 0 Å². The number of para-hydroxylation sites is 1. The van der Waals surface area contributed by atoms with Crippen molar-refractivity contribution in [2.24, 2.45) is 5.73 Å². The van der Waals surface area contributed by atoms with Crippen LogP contribution in [0.1, 0.15) is 30.9 Å². The van der Waals surface area contributed by atoms with Crippen LogP contribution in [0.4, 0.5) is 0 Å². The Hall–Kier alpha value is -2.00. The number of nitrogens with two attached hydrogens (primary N) is 1. The smallest absolute Gasteiger partial charge is 0.122 e. The molecule has 0 aliphatic carbocycles. The maximum absolute atomic E-state index is 6.03. The number of hydrogen-bond acceptors (Lipinski definition) is 3. The Bertz CT molecular complexity index is 583. The summed E-state index contributed by atoms with van der Waals surface area (Å²) in [5, 5.41) is 0. The zero-order chi connectivity index (χ0) is 15.8. The van der Waals surface area contributed by atoms with E-state index in [2.05, 4.69) is 18.2 Å². The van der Waals surface area contributed by atoms with Crippen molar-refractivity contribution in [1.82, 2.24) is 0 Å². The van der Waals surface area contributed by atoms with Crippen molar-refractivity contribution in [3.8, 4) is 11.5 Å². The topological polar surface area (TPSA) is 44.5 Å². The molecular weight excluding hydrogens is 274 g/mol. The molecule has 2 N–H and O–H groups in total. The molecule has 0 aliphatic heterocycles. The quantitative estimate of drug-likeness (QED) is 0.807. The van der Waals surface area contributed by atoms with E-state index in [0.717, 1.165) is 17.9 Å². The van der Waals surface area contributed by atoms with Gasteiger partial charge in [0.2, 0.25) is 0 Å². The van der Waals surface area contributed by atoms with Crippen LogP contribution in [0, 0.1) is 0 Å². The summed E-state index contributed by atoms with van der Waals surface area (Å²) in [4.78, 5) is 0. The first-order chi connectivity index (χ1) is 10.8. The minimum Gasteiger partial charge on any atom is -0.494 e. The van der Waals surface area contributed by atoms with Crippen LogP contribution in [0.5, 0.6) is 11.5 Å². The van der Waals surface area contributed by atoms with Crippen molar-refractivity contribution in [3.63, 3.8) is 0 Å². The number of hydrogen-bond donors (Lipinski definition) is 1. The van der Waals surface area contributed by atoms with Gasteiger partial charge in [0.1, 0.15) is 11.5 Å². The molecule has 2 aromatic rings. The van der Waals surface area contributed by atoms with E-state index >= 15 is 0 Å². The van der Waals surface area contributed by atoms with Crippen LogP contribution in [0.3, 0.4) is 0 Å². The number of benzene rings is 2. The monoisotopic (exact) mass is 299 g/mol. The highest BCUT2D eigenvalue weighted by molar-refractivity contribution is 5.38. The van der Waals surface area contributed by atoms with E-state index in [1.165, 1.54) is 11.1 Å². The maximum Gasteiger partial charge on any atom is 0.122 e. The number of ether oxygens (including phenoxy) is 2. The lowest BCUT2D eigenvalue weighted by atomic mass is 9.91. The molecule has 0 amide bonds. The van der Waals surface area contributed by atoms with Crippen molar-refractivity contribution in [2.75, 3.05) is 19.8 Å². The Balaban J connectivity index is 2.20. The first-order valence-corrected chi connectivity index (χ1v) is 7.92. The Kier molecular flexibility index (Phi) is 6.28. The molecule has 3 heteroatoms. The summed E-state index contributed by atoms with van der Waals surface area (Å²) >= 11 is 0. The third-order valence-electron chi connectivity index (χ3n) is 3.63. The molecule has 0 saturated carbocycles. The highest BCUT2D eigenvalue weighted by Gasteiger charge is 2.15. The largest absolute Gasteiger partial charge is 0.494 e. The van der Waals surface area contributed by atoms with Gasteiger partial charge in [-0.1, -0.05) is 30.3 Å². The minimum atomic E-state index is 0.236. The van der Waals surface area contributed by atoms with Crippen molar-refractivity contribution < 1.29 is 9.47 Å². The Morgan fingerprint density at radius 2 is 1.73 bits per heavy atom. The van der Waals surface area contributed by atoms with Gasteiger partial charge in [-0.05, 0) is 56.1 Å². The van der Waals surface area contributed by atoms with Gasteiger partial charge in [0, 0.05) is 5.92 Å². The summed E-state index contributed by atoms with van der Waals surface area (Å²) in [6, 6.07) is 16.4. The molecule has 2 aromatic carbocycles. The summed E-state index contributed by atoms with van der Waals surface area (Å²) in [6.45, 7) is 5.92. The molecule has 2 rings (SSSR count). The second-order valence-electron chi connectivity index (χ2n) is 5.19. The van der Waals surface area contributed by atoms with Crippen molar-refractivity contribution in [3.05, 3.63) is 59.7 Å². The average Bonchev–Trinajstić information content (AvgIpc) is 2.54. The summed E-state index contributed by atoms with van der Waals surface area (Å²) in [7, 11) is 0. The van der Waals surface area contributed by atoms with Crippen molar-refractivity contribution in [1.29, 1.82) is 0 Å². The predicted molar refractivity (Wildman–Crippen MR) is 90.7 cm³/mol. The van der Waals surface area contributed by atoms with Crippen molar-refractivity contribution >= 4 is 0 Å². The average molecular weight is 299 g/mol. The predicted octanol–water partition coefficient (Wildman–Crippen LogP) is 3.77. The van der Waals surface area contributed by atoms with E-state index < -0.39 is 0 Å². The zero-order valence-electron chi connectivity index (χ0n) is 13.4. The van der Waals surface area contributed by atoms with Crippen LogP contribution >= 0.6 is 0 Å². The van der Waals surface area contributed by atoms with Gasteiger partial charge in [-0.25, -0.2) is 0 Å². The van der Waals surface area contributed by atoms with Crippen LogP contribution in [0.2, 0.25) is 0 Å². The third kappa shape index (κ3) is 4.25. The fraction of sp³-hybridized carbons (Fsp3) is 0.368. The fourth-order valence-electron chi connectivity index (χ4n) is 2.64. The van der Waals surface area contributed by atoms with Gasteiger partial charge < -0.3 is 15.2 Å². The highest BCUT2D eigenvalue weighted by atomic mass is 16.5. The maximum atomic E-state index is 6.03. The first kappa shape index (κ1) is 16.4. The summed E-state index contributed by atoms with van der Waals surface area (Å²) in [5.41, 5.74) is 8.43. The van der Waals surface area contributed by atoms with E-state index in [-0.39, 0.29) is 5.92 Å². The molecule has 1 atom stereocenters. The van der Waals surface area contributed by atoms with E-state index in [0.29, 0.717) is 19.8 Å². The Morgan fingerprint density at radius 1 is 0.955 bits per heavy atom. The molecule has 0 bridgehead atoms. The Labute approximate surface area is 133 Å². The fourth-order valence-corrected chi connectivity index (χ4v) is 2.64. The normalized spacial score (nSPS) is 12.0. The molecule has 22 heavy (non-hydrogen) atoms. The van der Waals surface area contributed by atoms with Gasteiger partial charge in [-0.3, -0.25) is 0 Å².